The fourth-order valence-corrected chi connectivity index (χ4v) is 2.77. The van der Waals surface area contributed by atoms with Crippen LogP contribution in [0.5, 0.6) is 11.5 Å². The van der Waals surface area contributed by atoms with E-state index < -0.39 is 0 Å². The monoisotopic (exact) mass is 367 g/mol. The van der Waals surface area contributed by atoms with Gasteiger partial charge >= 0.3 is 5.97 Å². The topological polar surface area (TPSA) is 82.6 Å². The molecule has 1 N–H and O–H groups in total. The molecule has 27 heavy (non-hydrogen) atoms. The van der Waals surface area contributed by atoms with Crippen molar-refractivity contribution in [2.45, 2.75) is 13.0 Å². The maximum Gasteiger partial charge on any atom is 0.302 e. The van der Waals surface area contributed by atoms with E-state index in [0.717, 1.165) is 10.9 Å². The first-order valence-corrected chi connectivity index (χ1v) is 8.44. The van der Waals surface area contributed by atoms with Crippen LogP contribution in [0.2, 0.25) is 0 Å². The third kappa shape index (κ3) is 4.25. The van der Waals surface area contributed by atoms with Gasteiger partial charge in [0.1, 0.15) is 18.8 Å². The summed E-state index contributed by atoms with van der Waals surface area (Å²) in [7, 11) is 3.16. The van der Waals surface area contributed by atoms with E-state index in [0.29, 0.717) is 22.8 Å². The van der Waals surface area contributed by atoms with Crippen LogP contribution in [0.25, 0.3) is 10.9 Å². The van der Waals surface area contributed by atoms with Crippen molar-refractivity contribution in [2.75, 3.05) is 26.1 Å². The minimum atomic E-state index is -0.336. The number of methoxy groups -OCH3 is 2. The van der Waals surface area contributed by atoms with Gasteiger partial charge in [0.25, 0.3) is 0 Å². The first kappa shape index (κ1) is 18.4. The molecule has 0 saturated heterocycles. The molecule has 140 valence electrons. The molecule has 0 fully saturated rings. The Kier molecular flexibility index (Phi) is 5.71. The first-order valence-electron chi connectivity index (χ1n) is 8.44. The van der Waals surface area contributed by atoms with Crippen LogP contribution in [-0.4, -0.2) is 36.8 Å². The Labute approximate surface area is 157 Å². The molecule has 0 aliphatic carbocycles. The number of ether oxygens (including phenoxy) is 3. The lowest BCUT2D eigenvalue weighted by Gasteiger charge is -2.20. The highest BCUT2D eigenvalue weighted by Gasteiger charge is 2.17. The molecule has 1 aromatic heterocycles. The number of carbonyl (C=O) groups is 1. The first-order chi connectivity index (χ1) is 13.1. The van der Waals surface area contributed by atoms with Crippen molar-refractivity contribution in [1.29, 1.82) is 0 Å². The van der Waals surface area contributed by atoms with Crippen molar-refractivity contribution in [1.82, 2.24) is 9.97 Å². The summed E-state index contributed by atoms with van der Waals surface area (Å²) in [6.45, 7) is 1.57. The van der Waals surface area contributed by atoms with Gasteiger partial charge in [-0.2, -0.15) is 0 Å². The van der Waals surface area contributed by atoms with E-state index in [1.54, 1.807) is 20.3 Å². The molecule has 7 nitrogen and oxygen atoms in total. The maximum absolute atomic E-state index is 11.3. The van der Waals surface area contributed by atoms with Crippen LogP contribution in [-0.2, 0) is 9.53 Å². The molecule has 1 heterocycles. The highest BCUT2D eigenvalue weighted by molar-refractivity contribution is 5.91. The number of nitrogens with zero attached hydrogens (tertiary/aromatic N) is 2. The zero-order chi connectivity index (χ0) is 19.2. The molecule has 0 aliphatic rings. The summed E-state index contributed by atoms with van der Waals surface area (Å²) < 4.78 is 16.0. The zero-order valence-electron chi connectivity index (χ0n) is 15.4. The number of hydrogen-bond donors (Lipinski definition) is 1. The van der Waals surface area contributed by atoms with Gasteiger partial charge in [-0.3, -0.25) is 4.79 Å². The summed E-state index contributed by atoms with van der Waals surface area (Å²) >= 11 is 0. The molecule has 0 aliphatic heterocycles. The van der Waals surface area contributed by atoms with Gasteiger partial charge in [-0.1, -0.05) is 30.3 Å². The zero-order valence-corrected chi connectivity index (χ0v) is 15.4. The Hall–Kier alpha value is -3.35. The molecule has 3 rings (SSSR count). The normalized spacial score (nSPS) is 11.7. The van der Waals surface area contributed by atoms with E-state index in [9.17, 15) is 4.79 Å². The number of aromatic nitrogens is 2. The van der Waals surface area contributed by atoms with E-state index in [1.165, 1.54) is 13.3 Å². The lowest BCUT2D eigenvalue weighted by molar-refractivity contribution is -0.141. The lowest BCUT2D eigenvalue weighted by Crippen LogP contribution is -2.19. The van der Waals surface area contributed by atoms with Crippen molar-refractivity contribution in [3.63, 3.8) is 0 Å². The van der Waals surface area contributed by atoms with E-state index in [2.05, 4.69) is 15.3 Å². The van der Waals surface area contributed by atoms with Crippen LogP contribution in [0.15, 0.2) is 48.8 Å². The number of anilines is 1. The van der Waals surface area contributed by atoms with E-state index >= 15 is 0 Å². The van der Waals surface area contributed by atoms with Crippen molar-refractivity contribution < 1.29 is 19.0 Å². The molecule has 0 saturated carbocycles. The van der Waals surface area contributed by atoms with Gasteiger partial charge in [0.05, 0.1) is 25.8 Å². The molecule has 0 radical (unpaired) electrons. The van der Waals surface area contributed by atoms with Crippen LogP contribution in [0.1, 0.15) is 18.5 Å². The Morgan fingerprint density at radius 2 is 1.78 bits per heavy atom. The third-order valence-corrected chi connectivity index (χ3v) is 4.11. The third-order valence-electron chi connectivity index (χ3n) is 4.11. The fourth-order valence-electron chi connectivity index (χ4n) is 2.77. The summed E-state index contributed by atoms with van der Waals surface area (Å²) in [6.07, 6.45) is 1.48. The van der Waals surface area contributed by atoms with Gasteiger partial charge in [0.2, 0.25) is 0 Å². The summed E-state index contributed by atoms with van der Waals surface area (Å²) in [6, 6.07) is 13.1. The second kappa shape index (κ2) is 8.35. The molecule has 0 amide bonds. The second-order valence-corrected chi connectivity index (χ2v) is 5.86. The van der Waals surface area contributed by atoms with Crippen molar-refractivity contribution >= 4 is 22.7 Å². The van der Waals surface area contributed by atoms with E-state index in [4.69, 9.17) is 14.2 Å². The minimum Gasteiger partial charge on any atom is -0.493 e. The van der Waals surface area contributed by atoms with E-state index in [1.807, 2.05) is 36.4 Å². The second-order valence-electron chi connectivity index (χ2n) is 5.86. The van der Waals surface area contributed by atoms with Crippen LogP contribution in [0, 0.1) is 0 Å². The number of nitrogens with one attached hydrogen (secondary N) is 1. The van der Waals surface area contributed by atoms with Gasteiger partial charge < -0.3 is 19.5 Å². The summed E-state index contributed by atoms with van der Waals surface area (Å²) in [4.78, 5) is 20.0. The molecule has 3 aromatic rings. The Balaban J connectivity index is 2.00. The molecule has 7 heteroatoms. The van der Waals surface area contributed by atoms with Crippen LogP contribution < -0.4 is 14.8 Å². The van der Waals surface area contributed by atoms with Gasteiger partial charge in [-0.25, -0.2) is 9.97 Å². The fraction of sp³-hybridized carbons (Fsp3) is 0.250. The van der Waals surface area contributed by atoms with Crippen LogP contribution in [0.4, 0.5) is 5.82 Å². The summed E-state index contributed by atoms with van der Waals surface area (Å²) in [5.41, 5.74) is 1.69. The molecule has 0 bridgehead atoms. The Morgan fingerprint density at radius 3 is 2.44 bits per heavy atom. The predicted molar refractivity (Wildman–Crippen MR) is 102 cm³/mol. The standard InChI is InChI=1S/C20H21N3O4/c1-13(24)27-11-17(14-7-5-4-6-8-14)23-20-15-9-18(25-2)19(26-3)10-16(15)21-12-22-20/h4-10,12,17H,11H2,1-3H3,(H,21,22,23). The molecule has 2 aromatic carbocycles. The maximum atomic E-state index is 11.3. The predicted octanol–water partition coefficient (Wildman–Crippen LogP) is 3.36. The van der Waals surface area contributed by atoms with Crippen LogP contribution in [0.3, 0.4) is 0 Å². The van der Waals surface area contributed by atoms with Gasteiger partial charge in [-0.05, 0) is 11.6 Å². The Morgan fingerprint density at radius 1 is 1.07 bits per heavy atom. The average molecular weight is 367 g/mol. The molecule has 1 unspecified atom stereocenters. The molecular weight excluding hydrogens is 346 g/mol. The number of rotatable bonds is 7. The van der Waals surface area contributed by atoms with Crippen molar-refractivity contribution in [3.05, 3.63) is 54.4 Å². The van der Waals surface area contributed by atoms with Crippen molar-refractivity contribution in [3.8, 4) is 11.5 Å². The van der Waals surface area contributed by atoms with Gasteiger partial charge in [-0.15, -0.1) is 0 Å². The number of hydrogen-bond acceptors (Lipinski definition) is 7. The summed E-state index contributed by atoms with van der Waals surface area (Å²) in [5.74, 6) is 1.45. The van der Waals surface area contributed by atoms with Gasteiger partial charge in [0, 0.05) is 18.4 Å². The largest absolute Gasteiger partial charge is 0.493 e. The summed E-state index contributed by atoms with van der Waals surface area (Å²) in [5, 5.41) is 4.13. The quantitative estimate of drug-likeness (QED) is 0.641. The van der Waals surface area contributed by atoms with E-state index in [-0.39, 0.29) is 18.6 Å². The smallest absolute Gasteiger partial charge is 0.302 e. The molecule has 0 spiro atoms. The number of carbonyl (C=O) groups excluding carboxylic acids is 1. The highest BCUT2D eigenvalue weighted by Crippen LogP contribution is 2.34. The number of benzene rings is 2. The minimum absolute atomic E-state index is 0.179. The Bertz CT molecular complexity index is 931. The SMILES string of the molecule is COc1cc2ncnc(NC(COC(C)=O)c3ccccc3)c2cc1OC. The van der Waals surface area contributed by atoms with Crippen molar-refractivity contribution in [2.24, 2.45) is 0 Å². The number of esters is 1. The highest BCUT2D eigenvalue weighted by atomic mass is 16.5. The van der Waals surface area contributed by atoms with Crippen LogP contribution >= 0.6 is 0 Å². The lowest BCUT2D eigenvalue weighted by atomic mass is 10.1. The molecular formula is C20H21N3O4. The molecule has 1 atom stereocenters. The van der Waals surface area contributed by atoms with Gasteiger partial charge in [0.15, 0.2) is 11.5 Å². The number of fused-ring (bicyclic) bond motifs is 1. The average Bonchev–Trinajstić information content (AvgIpc) is 2.70.